The van der Waals surface area contributed by atoms with E-state index in [-0.39, 0.29) is 21.0 Å². The van der Waals surface area contributed by atoms with Crippen LogP contribution in [0.4, 0.5) is 0 Å². The lowest BCUT2D eigenvalue weighted by Crippen LogP contribution is -2.30. The van der Waals surface area contributed by atoms with E-state index in [0.29, 0.717) is 0 Å². The van der Waals surface area contributed by atoms with Gasteiger partial charge in [0.1, 0.15) is 0 Å². The third-order valence-electron chi connectivity index (χ3n) is 10.8. The number of hydrogen-bond donors (Lipinski definition) is 0. The minimum absolute atomic E-state index is 0.180. The first-order valence-electron chi connectivity index (χ1n) is 22.0. The van der Waals surface area contributed by atoms with Crippen LogP contribution in [0.1, 0.15) is 44.5 Å². The average Bonchev–Trinajstić information content (AvgIpc) is 3.35. The van der Waals surface area contributed by atoms with Crippen LogP contribution in [-0.2, 0) is 49.2 Å². The fourth-order valence-electron chi connectivity index (χ4n) is 7.67. The van der Waals surface area contributed by atoms with Gasteiger partial charge < -0.3 is 0 Å². The summed E-state index contributed by atoms with van der Waals surface area (Å²) < 4.78 is 2.87. The Kier molecular flexibility index (Phi) is 17.6. The van der Waals surface area contributed by atoms with Gasteiger partial charge in [-0.05, 0) is 66.1 Å². The van der Waals surface area contributed by atoms with E-state index in [4.69, 9.17) is 0 Å². The van der Waals surface area contributed by atoms with Gasteiger partial charge in [0.05, 0.1) is 8.64 Å². The largest absolute Gasteiger partial charge is 0.255 e. The van der Waals surface area contributed by atoms with Gasteiger partial charge in [0.15, 0.2) is 0 Å². The standard InChI is InChI=1S/C58H56N2S4/c1-9-25-49(26-10-1)41-59(42-50-27-11-2-12-28-50)57(63(45-53-33-17-5-18-34-53)46-54-35-19-6-20-36-54)61-62-58(60(43-51-29-13-3-14-30-51)44-52-31-15-4-16-32-52)64(47-55-37-21-7-22-38-55)48-56-39-23-8-24-40-56/h1-40H,41-48H2. The summed E-state index contributed by atoms with van der Waals surface area (Å²) in [6.45, 7) is 3.27. The van der Waals surface area contributed by atoms with Crippen molar-refractivity contribution in [3.63, 3.8) is 0 Å². The Hall–Kier alpha value is -5.18. The Morgan fingerprint density at radius 2 is 0.422 bits per heavy atom. The van der Waals surface area contributed by atoms with Crippen LogP contribution in [0.2, 0.25) is 0 Å². The van der Waals surface area contributed by atoms with Gasteiger partial charge in [-0.3, -0.25) is 9.80 Å². The van der Waals surface area contributed by atoms with Crippen LogP contribution in [0, 0.1) is 0 Å². The lowest BCUT2D eigenvalue weighted by Gasteiger charge is -2.32. The molecule has 0 amide bonds. The number of benzene rings is 8. The Balaban J connectivity index is 1.32. The molecule has 0 fully saturated rings. The second kappa shape index (κ2) is 24.8. The highest BCUT2D eigenvalue weighted by Crippen LogP contribution is 2.43. The number of nitrogens with zero attached hydrogens (tertiary/aromatic N) is 2. The van der Waals surface area contributed by atoms with Crippen LogP contribution >= 0.6 is 42.6 Å². The fourth-order valence-corrected chi connectivity index (χ4v) is 17.2. The van der Waals surface area contributed by atoms with E-state index in [9.17, 15) is 0 Å². The van der Waals surface area contributed by atoms with Crippen molar-refractivity contribution in [2.24, 2.45) is 0 Å². The molecule has 0 saturated heterocycles. The van der Waals surface area contributed by atoms with Crippen molar-refractivity contribution in [3.8, 4) is 0 Å². The average molecular weight is 909 g/mol. The molecule has 322 valence electrons. The number of rotatable bonds is 16. The quantitative estimate of drug-likeness (QED) is 0.0704. The molecule has 0 N–H and O–H groups in total. The van der Waals surface area contributed by atoms with Gasteiger partial charge in [0.2, 0.25) is 0 Å². The molecule has 0 heterocycles. The van der Waals surface area contributed by atoms with E-state index in [1.165, 1.54) is 53.1 Å². The van der Waals surface area contributed by atoms with Crippen LogP contribution in [0.3, 0.4) is 0 Å². The number of hydrogen-bond acceptors (Lipinski definition) is 2. The molecule has 0 radical (unpaired) electrons. The molecule has 0 saturated carbocycles. The monoisotopic (exact) mass is 908 g/mol. The molecule has 8 aromatic rings. The van der Waals surface area contributed by atoms with Gasteiger partial charge in [-0.2, -0.15) is 21.0 Å². The van der Waals surface area contributed by atoms with E-state index < -0.39 is 0 Å². The molecule has 0 spiro atoms. The molecule has 2 nitrogen and oxygen atoms in total. The molecule has 0 aliphatic rings. The molecule has 0 aromatic heterocycles. The van der Waals surface area contributed by atoms with Crippen LogP contribution in [0.25, 0.3) is 0 Å². The van der Waals surface area contributed by atoms with Crippen molar-refractivity contribution in [1.82, 2.24) is 9.80 Å². The van der Waals surface area contributed by atoms with E-state index in [1.807, 2.05) is 21.6 Å². The summed E-state index contributed by atoms with van der Waals surface area (Å²) in [4.78, 5) is 5.42. The van der Waals surface area contributed by atoms with Gasteiger partial charge in [0, 0.05) is 49.2 Å². The lowest BCUT2D eigenvalue weighted by molar-refractivity contribution is 0.421. The molecule has 0 unspecified atom stereocenters. The van der Waals surface area contributed by atoms with E-state index in [2.05, 4.69) is 252 Å². The van der Waals surface area contributed by atoms with Crippen molar-refractivity contribution in [3.05, 3.63) is 287 Å². The topological polar surface area (TPSA) is 6.48 Å². The SMILES string of the molecule is c1ccc(CN(Cc2ccccc2)C(SSC(N(Cc2ccccc2)Cc2ccccc2)=S(Cc2ccccc2)Cc2ccccc2)=S(Cc2ccccc2)Cc2ccccc2)cc1. The molecule has 64 heavy (non-hydrogen) atoms. The Bertz CT molecular complexity index is 2270. The first-order valence-corrected chi connectivity index (χ1v) is 27.2. The maximum absolute atomic E-state index is 2.71. The zero-order valence-corrected chi connectivity index (χ0v) is 39.5. The van der Waals surface area contributed by atoms with E-state index >= 15 is 0 Å². The predicted octanol–water partition coefficient (Wildman–Crippen LogP) is 15.3. The molecule has 0 aliphatic heterocycles. The van der Waals surface area contributed by atoms with E-state index in [1.54, 1.807) is 0 Å². The van der Waals surface area contributed by atoms with Crippen LogP contribution in [-0.4, -0.2) is 18.4 Å². The van der Waals surface area contributed by atoms with Crippen molar-refractivity contribution in [2.75, 3.05) is 0 Å². The smallest absolute Gasteiger partial charge is 0.0882 e. The van der Waals surface area contributed by atoms with Crippen LogP contribution in [0.15, 0.2) is 243 Å². The first-order chi connectivity index (χ1) is 31.7. The summed E-state index contributed by atoms with van der Waals surface area (Å²) in [5, 5.41) is 0. The van der Waals surface area contributed by atoms with Crippen LogP contribution in [0.5, 0.6) is 0 Å². The molecule has 0 aliphatic carbocycles. The van der Waals surface area contributed by atoms with Crippen molar-refractivity contribution >= 4 is 51.2 Å². The van der Waals surface area contributed by atoms with Crippen molar-refractivity contribution in [2.45, 2.75) is 49.2 Å². The summed E-state index contributed by atoms with van der Waals surface area (Å²) in [5.41, 5.74) is 10.8. The molecule has 8 aromatic carbocycles. The molecular formula is C58H56N2S4. The lowest BCUT2D eigenvalue weighted by atomic mass is 10.2. The summed E-state index contributed by atoms with van der Waals surface area (Å²) in [6, 6.07) is 88.9. The van der Waals surface area contributed by atoms with Gasteiger partial charge in [-0.15, -0.1) is 0 Å². The van der Waals surface area contributed by atoms with Gasteiger partial charge >= 0.3 is 0 Å². The minimum atomic E-state index is -0.180. The van der Waals surface area contributed by atoms with Gasteiger partial charge in [-0.25, -0.2) is 0 Å². The van der Waals surface area contributed by atoms with Gasteiger partial charge in [-0.1, -0.05) is 243 Å². The second-order valence-electron chi connectivity index (χ2n) is 15.9. The highest BCUT2D eigenvalue weighted by molar-refractivity contribution is 8.90. The third-order valence-corrected chi connectivity index (χ3v) is 19.7. The maximum Gasteiger partial charge on any atom is 0.0882 e. The Morgan fingerprint density at radius 3 is 0.609 bits per heavy atom. The predicted molar refractivity (Wildman–Crippen MR) is 285 cm³/mol. The van der Waals surface area contributed by atoms with Gasteiger partial charge in [0.25, 0.3) is 0 Å². The molecule has 0 bridgehead atoms. The third kappa shape index (κ3) is 14.2. The minimum Gasteiger partial charge on any atom is -0.255 e. The normalized spacial score (nSPS) is 11.4. The summed E-state index contributed by atoms with van der Waals surface area (Å²) in [7, 11) is 3.68. The maximum atomic E-state index is 2.71. The molecule has 0 atom stereocenters. The first kappa shape index (κ1) is 45.4. The zero-order chi connectivity index (χ0) is 43.4. The Labute approximate surface area is 394 Å². The van der Waals surface area contributed by atoms with Crippen molar-refractivity contribution < 1.29 is 0 Å². The van der Waals surface area contributed by atoms with Crippen molar-refractivity contribution in [1.29, 1.82) is 0 Å². The highest BCUT2D eigenvalue weighted by atomic mass is 33.1. The second-order valence-corrected chi connectivity index (χ2v) is 22.4. The highest BCUT2D eigenvalue weighted by Gasteiger charge is 2.24. The zero-order valence-electron chi connectivity index (χ0n) is 36.3. The fraction of sp³-hybridized carbons (Fsp3) is 0.138. The molecule has 6 heteroatoms. The molecular weight excluding hydrogens is 853 g/mol. The van der Waals surface area contributed by atoms with Crippen LogP contribution < -0.4 is 0 Å². The summed E-state index contributed by atoms with van der Waals surface area (Å²) in [6.07, 6.45) is 0. The van der Waals surface area contributed by atoms with E-state index in [0.717, 1.165) is 49.2 Å². The summed E-state index contributed by atoms with van der Waals surface area (Å²) >= 11 is 0. The molecule has 8 rings (SSSR count). The summed E-state index contributed by atoms with van der Waals surface area (Å²) in [5.74, 6) is 3.86. The Morgan fingerprint density at radius 1 is 0.250 bits per heavy atom.